The molecule has 64 valence electrons. The van der Waals surface area contributed by atoms with E-state index >= 15 is 0 Å². The molecule has 0 saturated heterocycles. The topological polar surface area (TPSA) is 26.3 Å². The number of esters is 1. The summed E-state index contributed by atoms with van der Waals surface area (Å²) in [6.07, 6.45) is 3.23. The van der Waals surface area contributed by atoms with Crippen molar-refractivity contribution in [2.24, 2.45) is 5.92 Å². The molecule has 11 heavy (non-hydrogen) atoms. The Balaban J connectivity index is 2.10. The molecule has 0 bridgehead atoms. The van der Waals surface area contributed by atoms with Crippen LogP contribution in [0.2, 0.25) is 0 Å². The summed E-state index contributed by atoms with van der Waals surface area (Å²) >= 11 is 3.31. The molecule has 1 fully saturated rings. The Morgan fingerprint density at radius 3 is 2.73 bits per heavy atom. The summed E-state index contributed by atoms with van der Waals surface area (Å²) in [6.45, 7) is 2.46. The summed E-state index contributed by atoms with van der Waals surface area (Å²) < 4.78 is 5.02. The van der Waals surface area contributed by atoms with E-state index in [1.54, 1.807) is 0 Å². The maximum absolute atomic E-state index is 11.1. The highest BCUT2D eigenvalue weighted by Gasteiger charge is 2.26. The molecule has 0 aromatic carbocycles. The van der Waals surface area contributed by atoms with Gasteiger partial charge in [0.2, 0.25) is 0 Å². The molecular formula is C8H13BrO2. The lowest BCUT2D eigenvalue weighted by Gasteiger charge is -2.23. The molecule has 3 heteroatoms. The van der Waals surface area contributed by atoms with Gasteiger partial charge in [0.15, 0.2) is 0 Å². The molecule has 0 N–H and O–H groups in total. The van der Waals surface area contributed by atoms with Crippen LogP contribution < -0.4 is 0 Å². The molecule has 0 aromatic rings. The van der Waals surface area contributed by atoms with Gasteiger partial charge in [0.05, 0.1) is 5.92 Å². The van der Waals surface area contributed by atoms with Crippen LogP contribution in [0.4, 0.5) is 0 Å². The van der Waals surface area contributed by atoms with E-state index in [4.69, 9.17) is 4.74 Å². The second-order valence-corrected chi connectivity index (χ2v) is 4.60. The van der Waals surface area contributed by atoms with Crippen LogP contribution in [-0.2, 0) is 9.53 Å². The van der Waals surface area contributed by atoms with Crippen LogP contribution in [0.15, 0.2) is 0 Å². The van der Waals surface area contributed by atoms with Crippen LogP contribution in [-0.4, -0.2) is 17.4 Å². The minimum absolute atomic E-state index is 0.0115. The van der Waals surface area contributed by atoms with Crippen LogP contribution in [0.1, 0.15) is 26.2 Å². The molecule has 0 radical (unpaired) electrons. The minimum Gasteiger partial charge on any atom is -0.464 e. The third kappa shape index (κ3) is 2.81. The average Bonchev–Trinajstić information content (AvgIpc) is 1.79. The van der Waals surface area contributed by atoms with E-state index in [0.29, 0.717) is 6.61 Å². The molecule has 0 heterocycles. The largest absolute Gasteiger partial charge is 0.464 e. The van der Waals surface area contributed by atoms with Gasteiger partial charge in [-0.3, -0.25) is 4.79 Å². The van der Waals surface area contributed by atoms with Gasteiger partial charge in [-0.15, -0.1) is 0 Å². The molecule has 1 atom stereocenters. The number of carbonyl (C=O) groups is 1. The normalized spacial score (nSPS) is 20.5. The number of hydrogen-bond donors (Lipinski definition) is 0. The lowest BCUT2D eigenvalue weighted by Crippen LogP contribution is -2.25. The molecule has 1 unspecified atom stereocenters. The second kappa shape index (κ2) is 4.10. The standard InChI is InChI=1S/C8H13BrO2/c1-6(9)5-11-8(10)7-3-2-4-7/h6-7H,2-5H2,1H3. The number of hydrogen-bond acceptors (Lipinski definition) is 2. The monoisotopic (exact) mass is 220 g/mol. The highest BCUT2D eigenvalue weighted by molar-refractivity contribution is 9.09. The highest BCUT2D eigenvalue weighted by atomic mass is 79.9. The van der Waals surface area contributed by atoms with Gasteiger partial charge in [-0.05, 0) is 19.8 Å². The summed E-state index contributed by atoms with van der Waals surface area (Å²) in [5.74, 6) is 0.198. The molecule has 1 aliphatic rings. The van der Waals surface area contributed by atoms with Crippen molar-refractivity contribution in [1.82, 2.24) is 0 Å². The van der Waals surface area contributed by atoms with Crippen molar-refractivity contribution >= 4 is 21.9 Å². The molecule has 0 amide bonds. The van der Waals surface area contributed by atoms with Crippen LogP contribution in [0.3, 0.4) is 0 Å². The molecule has 2 nitrogen and oxygen atoms in total. The Morgan fingerprint density at radius 1 is 1.73 bits per heavy atom. The van der Waals surface area contributed by atoms with Gasteiger partial charge >= 0.3 is 5.97 Å². The summed E-state index contributed by atoms with van der Waals surface area (Å²) in [5, 5.41) is 0. The number of halogens is 1. The van der Waals surface area contributed by atoms with Crippen molar-refractivity contribution in [3.63, 3.8) is 0 Å². The Morgan fingerprint density at radius 2 is 2.36 bits per heavy atom. The SMILES string of the molecule is CC(Br)COC(=O)C1CCC1. The lowest BCUT2D eigenvalue weighted by molar-refractivity contribution is -0.151. The van der Waals surface area contributed by atoms with Crippen LogP contribution >= 0.6 is 15.9 Å². The molecule has 0 spiro atoms. The van der Waals surface area contributed by atoms with Crippen molar-refractivity contribution in [1.29, 1.82) is 0 Å². The second-order valence-electron chi connectivity index (χ2n) is 3.04. The molecule has 1 saturated carbocycles. The van der Waals surface area contributed by atoms with E-state index in [1.807, 2.05) is 6.92 Å². The summed E-state index contributed by atoms with van der Waals surface area (Å²) in [6, 6.07) is 0. The number of ether oxygens (including phenoxy) is 1. The first-order chi connectivity index (χ1) is 5.20. The van der Waals surface area contributed by atoms with Gasteiger partial charge in [-0.1, -0.05) is 22.4 Å². The molecular weight excluding hydrogens is 208 g/mol. The predicted molar refractivity (Wildman–Crippen MR) is 46.7 cm³/mol. The Labute approximate surface area is 75.4 Å². The van der Waals surface area contributed by atoms with Crippen LogP contribution in [0.25, 0.3) is 0 Å². The molecule has 1 aliphatic carbocycles. The fraction of sp³-hybridized carbons (Fsp3) is 0.875. The van der Waals surface area contributed by atoms with Gasteiger partial charge in [0, 0.05) is 4.83 Å². The fourth-order valence-corrected chi connectivity index (χ4v) is 1.09. The predicted octanol–water partition coefficient (Wildman–Crippen LogP) is 2.11. The number of alkyl halides is 1. The smallest absolute Gasteiger partial charge is 0.308 e. The average molecular weight is 221 g/mol. The summed E-state index contributed by atoms with van der Waals surface area (Å²) in [7, 11) is 0. The van der Waals surface area contributed by atoms with E-state index in [-0.39, 0.29) is 16.7 Å². The number of carbonyl (C=O) groups excluding carboxylic acids is 1. The van der Waals surface area contributed by atoms with E-state index in [1.165, 1.54) is 6.42 Å². The van der Waals surface area contributed by atoms with Gasteiger partial charge in [0.1, 0.15) is 6.61 Å². The first-order valence-corrected chi connectivity index (χ1v) is 4.92. The van der Waals surface area contributed by atoms with Gasteiger partial charge < -0.3 is 4.74 Å². The van der Waals surface area contributed by atoms with Crippen molar-refractivity contribution in [2.75, 3.05) is 6.61 Å². The quantitative estimate of drug-likeness (QED) is 0.539. The Bertz CT molecular complexity index is 141. The zero-order chi connectivity index (χ0) is 8.27. The zero-order valence-corrected chi connectivity index (χ0v) is 8.26. The fourth-order valence-electron chi connectivity index (χ4n) is 0.959. The third-order valence-electron chi connectivity index (χ3n) is 1.89. The van der Waals surface area contributed by atoms with E-state index in [0.717, 1.165) is 12.8 Å². The zero-order valence-electron chi connectivity index (χ0n) is 6.68. The molecule has 0 aliphatic heterocycles. The maximum atomic E-state index is 11.1. The van der Waals surface area contributed by atoms with Gasteiger partial charge in [-0.25, -0.2) is 0 Å². The van der Waals surface area contributed by atoms with E-state index < -0.39 is 0 Å². The van der Waals surface area contributed by atoms with Crippen molar-refractivity contribution in [3.05, 3.63) is 0 Å². The summed E-state index contributed by atoms with van der Waals surface area (Å²) in [5.41, 5.74) is 0. The van der Waals surface area contributed by atoms with Crippen LogP contribution in [0, 0.1) is 5.92 Å². The lowest BCUT2D eigenvalue weighted by atomic mass is 9.86. The summed E-state index contributed by atoms with van der Waals surface area (Å²) in [4.78, 5) is 11.4. The Hall–Kier alpha value is -0.0500. The molecule has 1 rings (SSSR count). The van der Waals surface area contributed by atoms with Gasteiger partial charge in [0.25, 0.3) is 0 Å². The first-order valence-electron chi connectivity index (χ1n) is 4.01. The Kier molecular flexibility index (Phi) is 3.37. The van der Waals surface area contributed by atoms with Crippen molar-refractivity contribution < 1.29 is 9.53 Å². The van der Waals surface area contributed by atoms with E-state index in [9.17, 15) is 4.79 Å². The highest BCUT2D eigenvalue weighted by Crippen LogP contribution is 2.27. The van der Waals surface area contributed by atoms with Gasteiger partial charge in [-0.2, -0.15) is 0 Å². The first kappa shape index (κ1) is 9.04. The van der Waals surface area contributed by atoms with Crippen LogP contribution in [0.5, 0.6) is 0 Å². The molecule has 0 aromatic heterocycles. The third-order valence-corrected chi connectivity index (χ3v) is 2.16. The van der Waals surface area contributed by atoms with E-state index in [2.05, 4.69) is 15.9 Å². The minimum atomic E-state index is -0.0115. The number of rotatable bonds is 3. The van der Waals surface area contributed by atoms with Crippen molar-refractivity contribution in [3.8, 4) is 0 Å². The van der Waals surface area contributed by atoms with Crippen molar-refractivity contribution in [2.45, 2.75) is 31.0 Å². The maximum Gasteiger partial charge on any atom is 0.308 e.